The Hall–Kier alpha value is -3.89. The predicted octanol–water partition coefficient (Wildman–Crippen LogP) is 6.68. The van der Waals surface area contributed by atoms with Crippen LogP contribution < -0.4 is 10.9 Å². The minimum absolute atomic E-state index is 0.172. The lowest BCUT2D eigenvalue weighted by atomic mass is 10.0. The van der Waals surface area contributed by atoms with Crippen LogP contribution in [0.5, 0.6) is 0 Å². The zero-order chi connectivity index (χ0) is 28.6. The normalized spacial score (nSPS) is 14.6. The summed E-state index contributed by atoms with van der Waals surface area (Å²) < 4.78 is 12.2. The number of amides is 1. The highest BCUT2D eigenvalue weighted by Gasteiger charge is 2.28. The molecule has 2 N–H and O–H groups in total. The van der Waals surface area contributed by atoms with Gasteiger partial charge in [-0.05, 0) is 76.4 Å². The predicted molar refractivity (Wildman–Crippen MR) is 155 cm³/mol. The number of pyridine rings is 1. The van der Waals surface area contributed by atoms with Gasteiger partial charge in [-0.15, -0.1) is 11.3 Å². The summed E-state index contributed by atoms with van der Waals surface area (Å²) in [4.78, 5) is 46.3. The third kappa shape index (κ3) is 5.83. The standard InChI is InChI=1S/C29H29ClN4O5S/c1-5-38-27(36)24-11-17(15-40-24)26-31-14-22(32-26)23-9-7-19-10-16(12-25(35)34(19)23)20-13-18(30)6-8-21(20)33-28(37)39-29(2,3)4/h6,8,10-15,23H,5,7,9H2,1-4H3,(H,31,32)(H,33,37). The molecule has 1 unspecified atom stereocenters. The van der Waals surface area contributed by atoms with Crippen molar-refractivity contribution in [2.75, 3.05) is 11.9 Å². The van der Waals surface area contributed by atoms with E-state index in [1.807, 2.05) is 11.4 Å². The van der Waals surface area contributed by atoms with Gasteiger partial charge in [0.2, 0.25) is 0 Å². The minimum Gasteiger partial charge on any atom is -0.462 e. The number of hydrogen-bond acceptors (Lipinski definition) is 7. The van der Waals surface area contributed by atoms with Gasteiger partial charge in [-0.25, -0.2) is 14.6 Å². The maximum atomic E-state index is 13.4. The first kappa shape index (κ1) is 27.7. The summed E-state index contributed by atoms with van der Waals surface area (Å²) in [5, 5.41) is 5.11. The first-order valence-electron chi connectivity index (χ1n) is 12.9. The first-order chi connectivity index (χ1) is 19.0. The lowest BCUT2D eigenvalue weighted by Gasteiger charge is -2.21. The summed E-state index contributed by atoms with van der Waals surface area (Å²) in [6, 6.07) is 10.1. The van der Waals surface area contributed by atoms with E-state index in [-0.39, 0.29) is 17.6 Å². The van der Waals surface area contributed by atoms with E-state index in [4.69, 9.17) is 21.1 Å². The van der Waals surface area contributed by atoms with Gasteiger partial charge < -0.3 is 19.0 Å². The highest BCUT2D eigenvalue weighted by Crippen LogP contribution is 2.36. The molecule has 1 aliphatic rings. The number of imidazole rings is 1. The van der Waals surface area contributed by atoms with Crippen LogP contribution in [0.15, 0.2) is 52.8 Å². The van der Waals surface area contributed by atoms with E-state index in [2.05, 4.69) is 15.3 Å². The first-order valence-corrected chi connectivity index (χ1v) is 14.1. The van der Waals surface area contributed by atoms with Gasteiger partial charge >= 0.3 is 12.1 Å². The number of aromatic amines is 1. The number of benzene rings is 1. The summed E-state index contributed by atoms with van der Waals surface area (Å²) in [7, 11) is 0. The fraction of sp³-hybridized carbons (Fsp3) is 0.310. The second-order valence-electron chi connectivity index (χ2n) is 10.4. The number of aryl methyl sites for hydroxylation is 1. The summed E-state index contributed by atoms with van der Waals surface area (Å²) in [6.45, 7) is 7.45. The molecule has 1 atom stereocenters. The average molecular weight is 581 g/mol. The molecule has 0 bridgehead atoms. The zero-order valence-corrected chi connectivity index (χ0v) is 24.1. The molecule has 40 heavy (non-hydrogen) atoms. The van der Waals surface area contributed by atoms with Crippen LogP contribution in [0.25, 0.3) is 22.5 Å². The second-order valence-corrected chi connectivity index (χ2v) is 11.8. The van der Waals surface area contributed by atoms with E-state index >= 15 is 0 Å². The van der Waals surface area contributed by atoms with Crippen molar-refractivity contribution in [3.05, 3.63) is 79.6 Å². The Morgan fingerprint density at radius 3 is 2.75 bits per heavy atom. The molecule has 3 aromatic heterocycles. The van der Waals surface area contributed by atoms with Gasteiger partial charge in [0.05, 0.1) is 30.2 Å². The van der Waals surface area contributed by atoms with Crippen LogP contribution in [0, 0.1) is 0 Å². The molecule has 4 heterocycles. The number of nitrogens with one attached hydrogen (secondary N) is 2. The number of aromatic nitrogens is 3. The van der Waals surface area contributed by atoms with Crippen molar-refractivity contribution in [2.24, 2.45) is 0 Å². The van der Waals surface area contributed by atoms with Crippen molar-refractivity contribution in [1.82, 2.24) is 14.5 Å². The molecule has 1 aliphatic heterocycles. The maximum Gasteiger partial charge on any atom is 0.412 e. The summed E-state index contributed by atoms with van der Waals surface area (Å²) in [6.07, 6.45) is 2.54. The van der Waals surface area contributed by atoms with Crippen molar-refractivity contribution in [3.63, 3.8) is 0 Å². The molecule has 0 fully saturated rings. The van der Waals surface area contributed by atoms with Gasteiger partial charge in [0.15, 0.2) is 0 Å². The fourth-order valence-corrected chi connectivity index (χ4v) is 5.70. The molecular formula is C29H29ClN4O5S. The lowest BCUT2D eigenvalue weighted by molar-refractivity contribution is 0.0531. The van der Waals surface area contributed by atoms with E-state index in [1.165, 1.54) is 11.3 Å². The molecule has 5 rings (SSSR count). The number of hydrogen-bond donors (Lipinski definition) is 2. The lowest BCUT2D eigenvalue weighted by Crippen LogP contribution is -2.27. The smallest absolute Gasteiger partial charge is 0.412 e. The molecule has 1 amide bonds. The van der Waals surface area contributed by atoms with E-state index < -0.39 is 11.7 Å². The number of rotatable bonds is 6. The van der Waals surface area contributed by atoms with E-state index in [1.54, 1.807) is 68.8 Å². The topological polar surface area (TPSA) is 115 Å². The number of thiophene rings is 1. The molecule has 4 aromatic rings. The summed E-state index contributed by atoms with van der Waals surface area (Å²) in [5.41, 5.74) is 3.41. The van der Waals surface area contributed by atoms with Crippen LogP contribution >= 0.6 is 22.9 Å². The van der Waals surface area contributed by atoms with Gasteiger partial charge in [0.25, 0.3) is 5.56 Å². The largest absolute Gasteiger partial charge is 0.462 e. The molecule has 0 saturated carbocycles. The molecule has 0 radical (unpaired) electrons. The van der Waals surface area contributed by atoms with Gasteiger partial charge in [-0.3, -0.25) is 10.1 Å². The molecule has 208 valence electrons. The third-order valence-electron chi connectivity index (χ3n) is 6.37. The molecule has 0 aliphatic carbocycles. The van der Waals surface area contributed by atoms with Crippen molar-refractivity contribution in [1.29, 1.82) is 0 Å². The van der Waals surface area contributed by atoms with E-state index in [9.17, 15) is 14.4 Å². The maximum absolute atomic E-state index is 13.4. The second kappa shape index (κ2) is 10.9. The number of carbonyl (C=O) groups is 2. The number of esters is 1. The van der Waals surface area contributed by atoms with Gasteiger partial charge in [0, 0.05) is 33.3 Å². The Bertz CT molecular complexity index is 1650. The van der Waals surface area contributed by atoms with Crippen LogP contribution in [0.4, 0.5) is 10.5 Å². The van der Waals surface area contributed by atoms with Gasteiger partial charge in [-0.2, -0.15) is 0 Å². The Kier molecular flexibility index (Phi) is 7.57. The Morgan fingerprint density at radius 2 is 2.00 bits per heavy atom. The zero-order valence-electron chi connectivity index (χ0n) is 22.5. The number of carbonyl (C=O) groups excluding carboxylic acids is 2. The van der Waals surface area contributed by atoms with E-state index in [0.717, 1.165) is 23.4 Å². The highest BCUT2D eigenvalue weighted by molar-refractivity contribution is 7.12. The molecular weight excluding hydrogens is 552 g/mol. The van der Waals surface area contributed by atoms with Gasteiger partial charge in [0.1, 0.15) is 16.3 Å². The molecule has 9 nitrogen and oxygen atoms in total. The number of anilines is 1. The Morgan fingerprint density at radius 1 is 1.20 bits per heavy atom. The number of fused-ring (bicyclic) bond motifs is 1. The molecule has 0 saturated heterocycles. The summed E-state index contributed by atoms with van der Waals surface area (Å²) >= 11 is 7.59. The Balaban J connectivity index is 1.42. The van der Waals surface area contributed by atoms with Crippen LogP contribution in [0.1, 0.15) is 61.2 Å². The number of ether oxygens (including phenoxy) is 2. The monoisotopic (exact) mass is 580 g/mol. The van der Waals surface area contributed by atoms with E-state index in [0.29, 0.717) is 45.6 Å². The van der Waals surface area contributed by atoms with Crippen molar-refractivity contribution < 1.29 is 19.1 Å². The number of halogens is 1. The third-order valence-corrected chi connectivity index (χ3v) is 7.51. The minimum atomic E-state index is -0.656. The SMILES string of the molecule is CCOC(=O)c1cc(-c2ncc(C3CCc4cc(-c5cc(Cl)ccc5NC(=O)OC(C)(C)C)cc(=O)n43)[nH]2)cs1. The van der Waals surface area contributed by atoms with Crippen LogP contribution in [0.3, 0.4) is 0 Å². The Labute approximate surface area is 240 Å². The number of H-pyrrole nitrogens is 1. The van der Waals surface area contributed by atoms with Crippen LogP contribution in [-0.4, -0.2) is 38.8 Å². The summed E-state index contributed by atoms with van der Waals surface area (Å²) in [5.74, 6) is 0.262. The average Bonchev–Trinajstić information content (AvgIpc) is 3.63. The quantitative estimate of drug-likeness (QED) is 0.246. The van der Waals surface area contributed by atoms with Crippen molar-refractivity contribution >= 4 is 40.7 Å². The van der Waals surface area contributed by atoms with Crippen LogP contribution in [0.2, 0.25) is 5.02 Å². The van der Waals surface area contributed by atoms with Crippen LogP contribution in [-0.2, 0) is 15.9 Å². The number of nitrogens with zero attached hydrogens (tertiary/aromatic N) is 2. The molecule has 1 aromatic carbocycles. The van der Waals surface area contributed by atoms with Crippen molar-refractivity contribution in [2.45, 2.75) is 52.2 Å². The molecule has 0 spiro atoms. The molecule has 11 heteroatoms. The highest BCUT2D eigenvalue weighted by atomic mass is 35.5. The fourth-order valence-electron chi connectivity index (χ4n) is 4.74. The van der Waals surface area contributed by atoms with Gasteiger partial charge in [-0.1, -0.05) is 11.6 Å². The van der Waals surface area contributed by atoms with Crippen molar-refractivity contribution in [3.8, 4) is 22.5 Å².